The van der Waals surface area contributed by atoms with Crippen LogP contribution in [0.5, 0.6) is 0 Å². The van der Waals surface area contributed by atoms with E-state index in [1.807, 2.05) is 30.3 Å². The first-order valence-electron chi connectivity index (χ1n) is 10.6. The van der Waals surface area contributed by atoms with Crippen LogP contribution < -0.4 is 5.32 Å². The van der Waals surface area contributed by atoms with Gasteiger partial charge in [-0.05, 0) is 57.3 Å². The summed E-state index contributed by atoms with van der Waals surface area (Å²) in [5.74, 6) is 0.0400. The molecule has 6 nitrogen and oxygen atoms in total. The maximum atomic E-state index is 12.6. The van der Waals surface area contributed by atoms with E-state index < -0.39 is 10.0 Å². The summed E-state index contributed by atoms with van der Waals surface area (Å²) in [6, 6.07) is 9.26. The summed E-state index contributed by atoms with van der Waals surface area (Å²) in [4.78, 5) is 14.9. The summed E-state index contributed by atoms with van der Waals surface area (Å²) in [5, 5.41) is 3.05. The van der Waals surface area contributed by atoms with Crippen LogP contribution in [0.1, 0.15) is 44.1 Å². The third kappa shape index (κ3) is 6.29. The van der Waals surface area contributed by atoms with Crippen LogP contribution in [-0.4, -0.2) is 62.8 Å². The minimum atomic E-state index is -3.32. The van der Waals surface area contributed by atoms with E-state index in [0.717, 1.165) is 18.5 Å². The largest absolute Gasteiger partial charge is 0.356 e. The number of piperidine rings is 2. The predicted octanol–water partition coefficient (Wildman–Crippen LogP) is 2.22. The van der Waals surface area contributed by atoms with E-state index in [2.05, 4.69) is 10.2 Å². The second kappa shape index (κ2) is 10.4. The van der Waals surface area contributed by atoms with Gasteiger partial charge in [0.1, 0.15) is 0 Å². The molecule has 0 saturated carbocycles. The highest BCUT2D eigenvalue weighted by molar-refractivity contribution is 7.88. The first kappa shape index (κ1) is 21.3. The summed E-state index contributed by atoms with van der Waals surface area (Å²) in [6.07, 6.45) is 6.11. The van der Waals surface area contributed by atoms with Crippen molar-refractivity contribution in [3.8, 4) is 0 Å². The van der Waals surface area contributed by atoms with Gasteiger partial charge < -0.3 is 10.2 Å². The molecule has 1 amide bonds. The van der Waals surface area contributed by atoms with Crippen molar-refractivity contribution < 1.29 is 13.2 Å². The van der Waals surface area contributed by atoms with E-state index in [0.29, 0.717) is 32.5 Å². The average molecular weight is 408 g/mol. The molecule has 28 heavy (non-hydrogen) atoms. The third-order valence-corrected chi connectivity index (χ3v) is 7.66. The number of nitrogens with zero attached hydrogens (tertiary/aromatic N) is 2. The van der Waals surface area contributed by atoms with Gasteiger partial charge in [0, 0.05) is 25.6 Å². The Labute approximate surface area is 169 Å². The van der Waals surface area contributed by atoms with Crippen LogP contribution in [0.25, 0.3) is 0 Å². The first-order valence-corrected chi connectivity index (χ1v) is 12.2. The molecule has 3 rings (SSSR count). The van der Waals surface area contributed by atoms with Gasteiger partial charge in [-0.1, -0.05) is 36.8 Å². The van der Waals surface area contributed by atoms with Gasteiger partial charge in [0.25, 0.3) is 0 Å². The summed E-state index contributed by atoms with van der Waals surface area (Å²) in [7, 11) is -3.32. The normalized spacial score (nSPS) is 20.1. The molecule has 0 aliphatic carbocycles. The lowest BCUT2D eigenvalue weighted by Gasteiger charge is -2.30. The lowest BCUT2D eigenvalue weighted by atomic mass is 9.97. The quantitative estimate of drug-likeness (QED) is 0.671. The van der Waals surface area contributed by atoms with E-state index in [9.17, 15) is 13.2 Å². The van der Waals surface area contributed by atoms with Crippen LogP contribution in [0.15, 0.2) is 30.3 Å². The number of carbonyl (C=O) groups excluding carboxylic acids is 1. The monoisotopic (exact) mass is 407 g/mol. The number of hydrogen-bond donors (Lipinski definition) is 1. The Hall–Kier alpha value is -1.44. The minimum Gasteiger partial charge on any atom is -0.356 e. The van der Waals surface area contributed by atoms with Gasteiger partial charge in [-0.25, -0.2) is 12.7 Å². The molecule has 0 radical (unpaired) electrons. The van der Waals surface area contributed by atoms with Crippen molar-refractivity contribution in [1.82, 2.24) is 14.5 Å². The number of nitrogens with one attached hydrogen (secondary N) is 1. The Morgan fingerprint density at radius 1 is 1.00 bits per heavy atom. The number of carbonyl (C=O) groups is 1. The molecule has 2 fully saturated rings. The van der Waals surface area contributed by atoms with Gasteiger partial charge in [0.15, 0.2) is 0 Å². The molecule has 2 heterocycles. The highest BCUT2D eigenvalue weighted by atomic mass is 32.2. The second-order valence-electron chi connectivity index (χ2n) is 7.96. The molecule has 0 aromatic heterocycles. The van der Waals surface area contributed by atoms with Crippen molar-refractivity contribution in [3.63, 3.8) is 0 Å². The zero-order valence-corrected chi connectivity index (χ0v) is 17.5. The van der Waals surface area contributed by atoms with Crippen LogP contribution >= 0.6 is 0 Å². The summed E-state index contributed by atoms with van der Waals surface area (Å²) in [5.41, 5.74) is 0.802. The molecule has 0 bridgehead atoms. The number of amides is 1. The third-order valence-electron chi connectivity index (χ3n) is 5.81. The van der Waals surface area contributed by atoms with E-state index in [-0.39, 0.29) is 17.6 Å². The first-order chi connectivity index (χ1) is 13.5. The molecule has 156 valence electrons. The topological polar surface area (TPSA) is 69.7 Å². The molecule has 0 atom stereocenters. The summed E-state index contributed by atoms with van der Waals surface area (Å²) >= 11 is 0. The molecule has 2 aliphatic heterocycles. The summed E-state index contributed by atoms with van der Waals surface area (Å²) in [6.45, 7) is 4.99. The fourth-order valence-electron chi connectivity index (χ4n) is 4.11. The zero-order chi connectivity index (χ0) is 19.8. The highest BCUT2D eigenvalue weighted by Crippen LogP contribution is 2.22. The van der Waals surface area contributed by atoms with Gasteiger partial charge in [0.2, 0.25) is 15.9 Å². The smallest absolute Gasteiger partial charge is 0.223 e. The molecule has 2 saturated heterocycles. The molecular formula is C21H33N3O3S. The van der Waals surface area contributed by atoms with Crippen molar-refractivity contribution in [3.05, 3.63) is 35.9 Å². The lowest BCUT2D eigenvalue weighted by molar-refractivity contribution is -0.126. The fourth-order valence-corrected chi connectivity index (χ4v) is 5.68. The number of likely N-dealkylation sites (tertiary alicyclic amines) is 1. The van der Waals surface area contributed by atoms with Gasteiger partial charge in [-0.15, -0.1) is 0 Å². The van der Waals surface area contributed by atoms with Crippen LogP contribution in [0.2, 0.25) is 0 Å². The number of hydrogen-bond acceptors (Lipinski definition) is 4. The van der Waals surface area contributed by atoms with Crippen LogP contribution in [0.4, 0.5) is 0 Å². The van der Waals surface area contributed by atoms with E-state index in [4.69, 9.17) is 0 Å². The number of benzene rings is 1. The Morgan fingerprint density at radius 3 is 2.36 bits per heavy atom. The van der Waals surface area contributed by atoms with Crippen LogP contribution in [0, 0.1) is 5.92 Å². The Bertz CT molecular complexity index is 710. The van der Waals surface area contributed by atoms with Crippen molar-refractivity contribution in [2.24, 2.45) is 5.92 Å². The van der Waals surface area contributed by atoms with Crippen LogP contribution in [0.3, 0.4) is 0 Å². The Kier molecular flexibility index (Phi) is 7.88. The number of sulfonamides is 1. The van der Waals surface area contributed by atoms with E-state index in [1.54, 1.807) is 4.31 Å². The fraction of sp³-hybridized carbons (Fsp3) is 0.667. The Balaban J connectivity index is 1.36. The average Bonchev–Trinajstić information content (AvgIpc) is 2.72. The molecule has 0 unspecified atom stereocenters. The molecular weight excluding hydrogens is 374 g/mol. The van der Waals surface area contributed by atoms with Crippen LogP contribution in [-0.2, 0) is 20.6 Å². The van der Waals surface area contributed by atoms with E-state index >= 15 is 0 Å². The van der Waals surface area contributed by atoms with Crippen molar-refractivity contribution in [2.45, 2.75) is 44.3 Å². The minimum absolute atomic E-state index is 0.0290. The Morgan fingerprint density at radius 2 is 1.68 bits per heavy atom. The molecule has 1 N–H and O–H groups in total. The van der Waals surface area contributed by atoms with Gasteiger partial charge in [0.05, 0.1) is 5.75 Å². The summed E-state index contributed by atoms with van der Waals surface area (Å²) < 4.78 is 26.8. The van der Waals surface area contributed by atoms with E-state index in [1.165, 1.54) is 32.4 Å². The van der Waals surface area contributed by atoms with Gasteiger partial charge >= 0.3 is 0 Å². The molecule has 7 heteroatoms. The number of rotatable bonds is 8. The maximum absolute atomic E-state index is 12.6. The molecule has 1 aromatic rings. The standard InChI is InChI=1S/C21H33N3O3S/c25-21(22-12-7-15-23-13-5-2-6-14-23)20-10-16-24(17-11-20)28(26,27)18-19-8-3-1-4-9-19/h1,3-4,8-9,20H,2,5-7,10-18H2,(H,22,25). The van der Waals surface area contributed by atoms with Crippen molar-refractivity contribution in [2.75, 3.05) is 39.3 Å². The predicted molar refractivity (Wildman–Crippen MR) is 111 cm³/mol. The van der Waals surface area contributed by atoms with Gasteiger partial charge in [-0.2, -0.15) is 0 Å². The molecule has 1 aromatic carbocycles. The van der Waals surface area contributed by atoms with Crippen molar-refractivity contribution in [1.29, 1.82) is 0 Å². The SMILES string of the molecule is O=C(NCCCN1CCCCC1)C1CCN(S(=O)(=O)Cc2ccccc2)CC1. The lowest BCUT2D eigenvalue weighted by Crippen LogP contribution is -2.43. The van der Waals surface area contributed by atoms with Crippen molar-refractivity contribution >= 4 is 15.9 Å². The highest BCUT2D eigenvalue weighted by Gasteiger charge is 2.31. The zero-order valence-electron chi connectivity index (χ0n) is 16.7. The molecule has 2 aliphatic rings. The van der Waals surface area contributed by atoms with Gasteiger partial charge in [-0.3, -0.25) is 4.79 Å². The molecule has 0 spiro atoms. The second-order valence-corrected chi connectivity index (χ2v) is 9.93. The maximum Gasteiger partial charge on any atom is 0.223 e.